The fourth-order valence-corrected chi connectivity index (χ4v) is 8.94. The molecule has 40 heavy (non-hydrogen) atoms. The number of nitrogens with two attached hydrogens (primary N) is 2. The van der Waals surface area contributed by atoms with Gasteiger partial charge in [-0.15, -0.1) is 0 Å². The lowest BCUT2D eigenvalue weighted by Gasteiger charge is -2.35. The van der Waals surface area contributed by atoms with E-state index < -0.39 is 50.3 Å². The molecule has 2 aromatic heterocycles. The number of cyclic esters (lactones) is 1. The zero-order valence-corrected chi connectivity index (χ0v) is 23.3. The van der Waals surface area contributed by atoms with Crippen molar-refractivity contribution in [2.75, 3.05) is 12.3 Å². The molecule has 1 atom stereocenters. The molecule has 1 unspecified atom stereocenters. The van der Waals surface area contributed by atoms with E-state index in [-0.39, 0.29) is 36.7 Å². The molecular weight excluding hydrogens is 545 g/mol. The second kappa shape index (κ2) is 9.44. The highest BCUT2D eigenvalue weighted by Crippen LogP contribution is 2.41. The first-order valence-corrected chi connectivity index (χ1v) is 16.1. The van der Waals surface area contributed by atoms with E-state index in [2.05, 4.69) is 0 Å². The van der Waals surface area contributed by atoms with Crippen molar-refractivity contribution in [1.29, 1.82) is 0 Å². The molecule has 0 amide bonds. The average molecular weight is 575 g/mol. The van der Waals surface area contributed by atoms with E-state index in [0.717, 1.165) is 5.19 Å². The Hall–Kier alpha value is -3.71. The molecule has 0 bridgehead atoms. The molecule has 0 saturated carbocycles. The fraction of sp³-hybridized carbons (Fsp3) is 0.407. The van der Waals surface area contributed by atoms with Gasteiger partial charge >= 0.3 is 18.1 Å². The highest BCUT2D eigenvalue weighted by molar-refractivity contribution is 6.91. The summed E-state index contributed by atoms with van der Waals surface area (Å²) in [6.45, 7) is 4.66. The minimum Gasteiger partial charge on any atom is -0.457 e. The first-order valence-electron chi connectivity index (χ1n) is 12.9. The predicted molar refractivity (Wildman–Crippen MR) is 144 cm³/mol. The molecule has 0 aliphatic carbocycles. The molecule has 2 aliphatic rings. The molecule has 0 radical (unpaired) electrons. The number of esters is 2. The third kappa shape index (κ3) is 4.37. The number of nitrogens with zero attached hydrogens (tertiary/aromatic N) is 2. The Labute approximate surface area is 228 Å². The van der Waals surface area contributed by atoms with Crippen molar-refractivity contribution in [1.82, 2.24) is 9.55 Å². The minimum absolute atomic E-state index is 0.00656. The van der Waals surface area contributed by atoms with Crippen LogP contribution in [0.3, 0.4) is 0 Å². The van der Waals surface area contributed by atoms with Crippen LogP contribution in [-0.2, 0) is 37.8 Å². The van der Waals surface area contributed by atoms with Crippen molar-refractivity contribution < 1.29 is 32.2 Å². The van der Waals surface area contributed by atoms with Gasteiger partial charge in [-0.2, -0.15) is 13.2 Å². The SMILES string of the molecule is CCC1(OC(=O)CN)C(=O)OCc2c1cc1n(c2=O)Cc2c-1nc1ccc(N)cc1c2[Si](C)(C)CCC(F)(F)F. The van der Waals surface area contributed by atoms with E-state index in [0.29, 0.717) is 33.5 Å². The molecule has 0 fully saturated rings. The standard InChI is InChI=1S/C27H29F3N4O5Si/c1-4-26(39-21(35)11-31)18-10-20-22-16(12-34(20)24(36)17(18)13-38-25(26)37)23(40(2,3)8-7-27(28,29)30)15-9-14(32)5-6-19(15)33-22/h5-6,9-10H,4,7-8,11-13,31-32H2,1-3H3. The molecule has 4 heterocycles. The van der Waals surface area contributed by atoms with Crippen LogP contribution in [0.25, 0.3) is 22.3 Å². The van der Waals surface area contributed by atoms with Gasteiger partial charge in [0.15, 0.2) is 0 Å². The molecule has 1 aromatic carbocycles. The number of aromatic nitrogens is 2. The maximum absolute atomic E-state index is 13.8. The topological polar surface area (TPSA) is 140 Å². The Morgan fingerprint density at radius 3 is 2.60 bits per heavy atom. The van der Waals surface area contributed by atoms with Gasteiger partial charge in [-0.05, 0) is 47.5 Å². The molecule has 9 nitrogen and oxygen atoms in total. The maximum atomic E-state index is 13.8. The van der Waals surface area contributed by atoms with Gasteiger partial charge in [0.1, 0.15) is 6.61 Å². The monoisotopic (exact) mass is 574 g/mol. The highest BCUT2D eigenvalue weighted by atomic mass is 28.3. The van der Waals surface area contributed by atoms with Gasteiger partial charge in [0.25, 0.3) is 5.56 Å². The lowest BCUT2D eigenvalue weighted by Crippen LogP contribution is -2.48. The quantitative estimate of drug-likeness (QED) is 0.204. The van der Waals surface area contributed by atoms with Crippen LogP contribution in [0, 0.1) is 0 Å². The normalized spacial score (nSPS) is 18.2. The molecule has 212 valence electrons. The highest BCUT2D eigenvalue weighted by Gasteiger charge is 2.50. The van der Waals surface area contributed by atoms with E-state index >= 15 is 0 Å². The lowest BCUT2D eigenvalue weighted by molar-refractivity contribution is -0.188. The summed E-state index contributed by atoms with van der Waals surface area (Å²) in [5.41, 5.74) is 12.0. The van der Waals surface area contributed by atoms with Crippen LogP contribution in [0.4, 0.5) is 18.9 Å². The Balaban J connectivity index is 1.78. The fourth-order valence-electron chi connectivity index (χ4n) is 5.84. The first-order chi connectivity index (χ1) is 18.7. The number of hydrogen-bond acceptors (Lipinski definition) is 8. The summed E-state index contributed by atoms with van der Waals surface area (Å²) in [7, 11) is -2.79. The lowest BCUT2D eigenvalue weighted by atomic mass is 9.85. The van der Waals surface area contributed by atoms with Gasteiger partial charge in [-0.3, -0.25) is 9.59 Å². The number of carbonyl (C=O) groups is 2. The van der Waals surface area contributed by atoms with E-state index in [1.54, 1.807) is 31.2 Å². The largest absolute Gasteiger partial charge is 0.457 e. The number of rotatable bonds is 6. The molecule has 2 aliphatic heterocycles. The number of hydrogen-bond donors (Lipinski definition) is 2. The van der Waals surface area contributed by atoms with Gasteiger partial charge in [0, 0.05) is 23.1 Å². The van der Waals surface area contributed by atoms with E-state index in [1.165, 1.54) is 4.57 Å². The van der Waals surface area contributed by atoms with Crippen molar-refractivity contribution in [3.63, 3.8) is 0 Å². The number of nitrogen functional groups attached to an aromatic ring is 1. The summed E-state index contributed by atoms with van der Waals surface area (Å²) in [5, 5.41) is 1.43. The summed E-state index contributed by atoms with van der Waals surface area (Å²) >= 11 is 0. The van der Waals surface area contributed by atoms with E-state index in [1.807, 2.05) is 13.1 Å². The third-order valence-corrected chi connectivity index (χ3v) is 11.3. The second-order valence-electron chi connectivity index (χ2n) is 10.8. The number of fused-ring (bicyclic) bond motifs is 5. The van der Waals surface area contributed by atoms with Crippen LogP contribution in [0.15, 0.2) is 29.1 Å². The van der Waals surface area contributed by atoms with Crippen LogP contribution >= 0.6 is 0 Å². The molecule has 13 heteroatoms. The number of halogens is 3. The van der Waals surface area contributed by atoms with Crippen LogP contribution in [-0.4, -0.2) is 42.3 Å². The molecule has 0 saturated heterocycles. The summed E-state index contributed by atoms with van der Waals surface area (Å²) in [5.74, 6) is -1.65. The molecule has 5 rings (SSSR count). The minimum atomic E-state index is -4.31. The number of anilines is 1. The van der Waals surface area contributed by atoms with Crippen LogP contribution in [0.2, 0.25) is 19.1 Å². The van der Waals surface area contributed by atoms with Crippen molar-refractivity contribution in [2.24, 2.45) is 5.73 Å². The summed E-state index contributed by atoms with van der Waals surface area (Å²) in [6.07, 6.45) is -5.25. The van der Waals surface area contributed by atoms with Crippen LogP contribution in [0.1, 0.15) is 36.5 Å². The smallest absolute Gasteiger partial charge is 0.388 e. The second-order valence-corrected chi connectivity index (χ2v) is 15.6. The summed E-state index contributed by atoms with van der Waals surface area (Å²) in [6, 6.07) is 6.64. The van der Waals surface area contributed by atoms with Gasteiger partial charge < -0.3 is 25.5 Å². The summed E-state index contributed by atoms with van der Waals surface area (Å²) < 4.78 is 52.2. The molecule has 4 N–H and O–H groups in total. The van der Waals surface area contributed by atoms with Crippen LogP contribution < -0.4 is 22.2 Å². The van der Waals surface area contributed by atoms with Crippen molar-refractivity contribution >= 4 is 41.8 Å². The van der Waals surface area contributed by atoms with Gasteiger partial charge in [-0.1, -0.05) is 20.0 Å². The first kappa shape index (κ1) is 27.8. The number of carbonyl (C=O) groups excluding carboxylic acids is 2. The molecule has 0 spiro atoms. The van der Waals surface area contributed by atoms with Crippen molar-refractivity contribution in [2.45, 2.75) is 63.8 Å². The summed E-state index contributed by atoms with van der Waals surface area (Å²) in [4.78, 5) is 43.9. The van der Waals surface area contributed by atoms with Crippen LogP contribution in [0.5, 0.6) is 0 Å². The van der Waals surface area contributed by atoms with E-state index in [9.17, 15) is 27.6 Å². The predicted octanol–water partition coefficient (Wildman–Crippen LogP) is 3.04. The zero-order chi connectivity index (χ0) is 29.2. The van der Waals surface area contributed by atoms with Gasteiger partial charge in [0.05, 0.1) is 43.6 Å². The number of alkyl halides is 3. The average Bonchev–Trinajstić information content (AvgIpc) is 3.25. The third-order valence-electron chi connectivity index (χ3n) is 7.84. The maximum Gasteiger partial charge on any atom is 0.388 e. The van der Waals surface area contributed by atoms with Gasteiger partial charge in [-0.25, -0.2) is 9.78 Å². The Bertz CT molecular complexity index is 1640. The molecule has 3 aromatic rings. The van der Waals surface area contributed by atoms with E-state index in [4.69, 9.17) is 25.9 Å². The number of benzene rings is 1. The number of ether oxygens (including phenoxy) is 2. The van der Waals surface area contributed by atoms with Gasteiger partial charge in [0.2, 0.25) is 5.60 Å². The van der Waals surface area contributed by atoms with Crippen molar-refractivity contribution in [3.05, 3.63) is 51.3 Å². The Kier molecular flexibility index (Phi) is 6.57. The van der Waals surface area contributed by atoms with Crippen molar-refractivity contribution in [3.8, 4) is 11.4 Å². The Morgan fingerprint density at radius 2 is 1.95 bits per heavy atom. The Morgan fingerprint density at radius 1 is 1.23 bits per heavy atom. The zero-order valence-electron chi connectivity index (χ0n) is 22.3. The number of pyridine rings is 2. The molecular formula is C27H29F3N4O5Si.